The molecule has 0 bridgehead atoms. The van der Waals surface area contributed by atoms with Crippen LogP contribution in [0.5, 0.6) is 0 Å². The Morgan fingerprint density at radius 3 is 2.50 bits per heavy atom. The topological polar surface area (TPSA) is 38.3 Å². The summed E-state index contributed by atoms with van der Waals surface area (Å²) in [7, 11) is 1.64. The zero-order valence-corrected chi connectivity index (χ0v) is 15.1. The second-order valence-electron chi connectivity index (χ2n) is 6.03. The molecular weight excluding hydrogens is 322 g/mol. The van der Waals surface area contributed by atoms with Crippen molar-refractivity contribution in [3.8, 4) is 0 Å². The van der Waals surface area contributed by atoms with Gasteiger partial charge in [-0.1, -0.05) is 61.0 Å². The van der Waals surface area contributed by atoms with E-state index in [-0.39, 0.29) is 11.8 Å². The minimum absolute atomic E-state index is 0.00834. The van der Waals surface area contributed by atoms with E-state index >= 15 is 0 Å². The average molecular weight is 346 g/mol. The monoisotopic (exact) mass is 345 g/mol. The maximum absolute atomic E-state index is 12.6. The molecule has 0 aliphatic carbocycles. The van der Waals surface area contributed by atoms with Crippen LogP contribution in [0, 0.1) is 0 Å². The van der Waals surface area contributed by atoms with Gasteiger partial charge in [0.1, 0.15) is 5.60 Å². The highest BCUT2D eigenvalue weighted by molar-refractivity contribution is 6.30. The molecule has 3 nitrogen and oxygen atoms in total. The maximum atomic E-state index is 12.6. The molecule has 2 aromatic carbocycles. The van der Waals surface area contributed by atoms with E-state index in [0.29, 0.717) is 11.6 Å². The summed E-state index contributed by atoms with van der Waals surface area (Å²) < 4.78 is 5.67. The van der Waals surface area contributed by atoms with Gasteiger partial charge in [0.05, 0.1) is 12.5 Å². The molecule has 2 aromatic rings. The lowest BCUT2D eigenvalue weighted by atomic mass is 9.93. The Bertz CT molecular complexity index is 674. The first-order chi connectivity index (χ1) is 11.5. The first kappa shape index (κ1) is 18.5. The van der Waals surface area contributed by atoms with Crippen LogP contribution in [-0.2, 0) is 15.1 Å². The molecule has 0 aliphatic rings. The molecule has 0 heterocycles. The molecule has 4 heteroatoms. The highest BCUT2D eigenvalue weighted by Crippen LogP contribution is 2.27. The first-order valence-electron chi connectivity index (χ1n) is 8.14. The lowest BCUT2D eigenvalue weighted by Crippen LogP contribution is -2.41. The molecular formula is C20H24ClNO2. The number of nitrogens with one attached hydrogen (secondary N) is 1. The molecule has 128 valence electrons. The Morgan fingerprint density at radius 1 is 1.21 bits per heavy atom. The molecule has 0 aliphatic heterocycles. The van der Waals surface area contributed by atoms with E-state index in [2.05, 4.69) is 5.32 Å². The number of ether oxygens (including phenoxy) is 1. The van der Waals surface area contributed by atoms with Gasteiger partial charge < -0.3 is 10.1 Å². The summed E-state index contributed by atoms with van der Waals surface area (Å²) in [5, 5.41) is 3.69. The Morgan fingerprint density at radius 2 is 1.92 bits per heavy atom. The van der Waals surface area contributed by atoms with Crippen molar-refractivity contribution in [2.75, 3.05) is 13.7 Å². The summed E-state index contributed by atoms with van der Waals surface area (Å²) in [5.41, 5.74) is 1.33. The summed E-state index contributed by atoms with van der Waals surface area (Å²) in [5.74, 6) is -0.152. The summed E-state index contributed by atoms with van der Waals surface area (Å²) in [4.78, 5) is 12.6. The van der Waals surface area contributed by atoms with Gasteiger partial charge in [-0.05, 0) is 36.6 Å². The van der Waals surface area contributed by atoms with Crippen molar-refractivity contribution >= 4 is 17.5 Å². The average Bonchev–Trinajstić information content (AvgIpc) is 2.61. The molecule has 0 radical (unpaired) electrons. The molecule has 24 heavy (non-hydrogen) atoms. The molecule has 0 saturated carbocycles. The fraction of sp³-hybridized carbons (Fsp3) is 0.350. The largest absolute Gasteiger partial charge is 0.372 e. The summed E-state index contributed by atoms with van der Waals surface area (Å²) in [6, 6.07) is 17.4. The quantitative estimate of drug-likeness (QED) is 0.801. The van der Waals surface area contributed by atoms with Gasteiger partial charge in [0.2, 0.25) is 5.91 Å². The van der Waals surface area contributed by atoms with E-state index in [1.165, 1.54) is 0 Å². The number of carbonyl (C=O) groups excluding carboxylic acids is 1. The number of rotatable bonds is 7. The van der Waals surface area contributed by atoms with Crippen LogP contribution in [0.2, 0.25) is 5.02 Å². The molecule has 0 aromatic heterocycles. The molecule has 2 rings (SSSR count). The number of halogens is 1. The van der Waals surface area contributed by atoms with Crippen molar-refractivity contribution in [1.82, 2.24) is 5.32 Å². The van der Waals surface area contributed by atoms with E-state index in [1.54, 1.807) is 7.11 Å². The van der Waals surface area contributed by atoms with E-state index in [4.69, 9.17) is 16.3 Å². The van der Waals surface area contributed by atoms with Crippen molar-refractivity contribution in [2.45, 2.75) is 31.8 Å². The summed E-state index contributed by atoms with van der Waals surface area (Å²) in [6.07, 6.45) is 0.747. The molecule has 0 spiro atoms. The van der Waals surface area contributed by atoms with Crippen molar-refractivity contribution < 1.29 is 9.53 Å². The lowest BCUT2D eigenvalue weighted by Gasteiger charge is -2.30. The Hall–Kier alpha value is -1.84. The first-order valence-corrected chi connectivity index (χ1v) is 8.52. The predicted molar refractivity (Wildman–Crippen MR) is 98.3 cm³/mol. The highest BCUT2D eigenvalue weighted by atomic mass is 35.5. The zero-order valence-electron chi connectivity index (χ0n) is 14.4. The zero-order chi connectivity index (χ0) is 17.6. The Labute approximate surface area is 149 Å². The standard InChI is InChI=1S/C20H24ClNO2/c1-4-18(15-9-6-5-7-10-15)19(23)22-14-20(2,24-3)16-11-8-12-17(21)13-16/h5-13,18H,4,14H2,1-3H3,(H,22,23)/t18-,20-/m1/s1. The van der Waals surface area contributed by atoms with Crippen LogP contribution in [-0.4, -0.2) is 19.6 Å². The van der Waals surface area contributed by atoms with Gasteiger partial charge >= 0.3 is 0 Å². The number of amides is 1. The van der Waals surface area contributed by atoms with Crippen LogP contribution >= 0.6 is 11.6 Å². The predicted octanol–water partition coefficient (Wildman–Crippen LogP) is 4.51. The fourth-order valence-electron chi connectivity index (χ4n) is 2.75. The van der Waals surface area contributed by atoms with Gasteiger partial charge in [-0.25, -0.2) is 0 Å². The van der Waals surface area contributed by atoms with Gasteiger partial charge in [0.25, 0.3) is 0 Å². The van der Waals surface area contributed by atoms with Crippen LogP contribution in [0.4, 0.5) is 0 Å². The van der Waals surface area contributed by atoms with Gasteiger partial charge in [0, 0.05) is 12.1 Å². The number of methoxy groups -OCH3 is 1. The van der Waals surface area contributed by atoms with Crippen LogP contribution in [0.25, 0.3) is 0 Å². The molecule has 0 unspecified atom stereocenters. The van der Waals surface area contributed by atoms with Crippen LogP contribution in [0.3, 0.4) is 0 Å². The second-order valence-corrected chi connectivity index (χ2v) is 6.47. The summed E-state index contributed by atoms with van der Waals surface area (Å²) in [6.45, 7) is 4.35. The maximum Gasteiger partial charge on any atom is 0.227 e. The van der Waals surface area contributed by atoms with E-state index in [1.807, 2.05) is 68.4 Å². The summed E-state index contributed by atoms with van der Waals surface area (Å²) >= 11 is 6.08. The van der Waals surface area contributed by atoms with E-state index in [0.717, 1.165) is 17.5 Å². The van der Waals surface area contributed by atoms with Crippen molar-refractivity contribution in [1.29, 1.82) is 0 Å². The Kier molecular flexibility index (Phi) is 6.41. The lowest BCUT2D eigenvalue weighted by molar-refractivity contribution is -0.124. The van der Waals surface area contributed by atoms with Crippen LogP contribution in [0.1, 0.15) is 37.3 Å². The normalized spacial score (nSPS) is 14.7. The molecule has 2 atom stereocenters. The minimum Gasteiger partial charge on any atom is -0.372 e. The van der Waals surface area contributed by atoms with Crippen molar-refractivity contribution in [2.24, 2.45) is 0 Å². The molecule has 0 saturated heterocycles. The third-order valence-electron chi connectivity index (χ3n) is 4.41. The van der Waals surface area contributed by atoms with Gasteiger partial charge in [-0.3, -0.25) is 4.79 Å². The number of hydrogen-bond donors (Lipinski definition) is 1. The third kappa shape index (κ3) is 4.37. The number of hydrogen-bond acceptors (Lipinski definition) is 2. The van der Waals surface area contributed by atoms with Crippen LogP contribution < -0.4 is 5.32 Å². The molecule has 1 N–H and O–H groups in total. The second kappa shape index (κ2) is 8.32. The molecule has 1 amide bonds. The van der Waals surface area contributed by atoms with Gasteiger partial charge in [0.15, 0.2) is 0 Å². The number of benzene rings is 2. The van der Waals surface area contributed by atoms with Crippen molar-refractivity contribution in [3.63, 3.8) is 0 Å². The third-order valence-corrected chi connectivity index (χ3v) is 4.65. The van der Waals surface area contributed by atoms with E-state index < -0.39 is 5.60 Å². The SMILES string of the molecule is CC[C@@H](C(=O)NC[C@@](C)(OC)c1cccc(Cl)c1)c1ccccc1. The van der Waals surface area contributed by atoms with Crippen LogP contribution in [0.15, 0.2) is 54.6 Å². The van der Waals surface area contributed by atoms with E-state index in [9.17, 15) is 4.79 Å². The fourth-order valence-corrected chi connectivity index (χ4v) is 2.94. The van der Waals surface area contributed by atoms with Gasteiger partial charge in [-0.15, -0.1) is 0 Å². The highest BCUT2D eigenvalue weighted by Gasteiger charge is 2.28. The van der Waals surface area contributed by atoms with Crippen molar-refractivity contribution in [3.05, 3.63) is 70.7 Å². The number of carbonyl (C=O) groups is 1. The smallest absolute Gasteiger partial charge is 0.227 e. The molecule has 0 fully saturated rings. The Balaban J connectivity index is 2.10. The minimum atomic E-state index is -0.629. The van der Waals surface area contributed by atoms with Gasteiger partial charge in [-0.2, -0.15) is 0 Å².